The fraction of sp³-hybridized carbons (Fsp3) is 0.636. The Hall–Kier alpha value is -0.740. The van der Waals surface area contributed by atoms with Crippen molar-refractivity contribution in [1.29, 1.82) is 0 Å². The first-order valence-corrected chi connectivity index (χ1v) is 4.62. The van der Waals surface area contributed by atoms with Crippen LogP contribution in [0.5, 0.6) is 0 Å². The molecule has 0 radical (unpaired) electrons. The molecule has 1 nitrogen and oxygen atoms in total. The Balaban J connectivity index is 3.15. The number of rotatable bonds is 7. The average Bonchev–Trinajstić information content (AvgIpc) is 2.09. The highest BCUT2D eigenvalue weighted by Crippen LogP contribution is 2.04. The van der Waals surface area contributed by atoms with Gasteiger partial charge >= 0.3 is 0 Å². The van der Waals surface area contributed by atoms with E-state index >= 15 is 0 Å². The highest BCUT2D eigenvalue weighted by atomic mass is 14.8. The van der Waals surface area contributed by atoms with E-state index in [2.05, 4.69) is 24.7 Å². The zero-order valence-electron chi connectivity index (χ0n) is 8.03. The van der Waals surface area contributed by atoms with Gasteiger partial charge in [-0.05, 0) is 32.4 Å². The van der Waals surface area contributed by atoms with Crippen molar-refractivity contribution in [3.8, 4) is 12.3 Å². The van der Waals surface area contributed by atoms with Gasteiger partial charge in [-0.3, -0.25) is 0 Å². The number of hydrogen-bond donors (Lipinski definition) is 1. The molecule has 68 valence electrons. The summed E-state index contributed by atoms with van der Waals surface area (Å²) in [5.41, 5.74) is 1.26. The predicted molar refractivity (Wildman–Crippen MR) is 55.0 cm³/mol. The van der Waals surface area contributed by atoms with E-state index in [0.29, 0.717) is 0 Å². The molecule has 0 saturated carbocycles. The van der Waals surface area contributed by atoms with E-state index in [1.54, 1.807) is 0 Å². The Kier molecular flexibility index (Phi) is 7.84. The normalized spacial score (nSPS) is 9.33. The second kappa shape index (κ2) is 8.36. The summed E-state index contributed by atoms with van der Waals surface area (Å²) < 4.78 is 0. The molecule has 0 aromatic heterocycles. The van der Waals surface area contributed by atoms with Gasteiger partial charge in [-0.2, -0.15) is 0 Å². The quantitative estimate of drug-likeness (QED) is 0.347. The Morgan fingerprint density at radius 3 is 2.75 bits per heavy atom. The molecule has 0 bridgehead atoms. The maximum absolute atomic E-state index is 5.15. The van der Waals surface area contributed by atoms with Crippen LogP contribution in [0.4, 0.5) is 0 Å². The van der Waals surface area contributed by atoms with Crippen molar-refractivity contribution < 1.29 is 0 Å². The zero-order chi connectivity index (χ0) is 9.23. The lowest BCUT2D eigenvalue weighted by atomic mass is 10.1. The van der Waals surface area contributed by atoms with E-state index in [0.717, 1.165) is 32.4 Å². The molecule has 0 heterocycles. The van der Waals surface area contributed by atoms with Crippen molar-refractivity contribution in [3.63, 3.8) is 0 Å². The van der Waals surface area contributed by atoms with Crippen molar-refractivity contribution in [2.75, 3.05) is 13.1 Å². The summed E-state index contributed by atoms with van der Waals surface area (Å²) in [7, 11) is 0. The van der Waals surface area contributed by atoms with Crippen molar-refractivity contribution >= 4 is 0 Å². The van der Waals surface area contributed by atoms with Crippen LogP contribution in [0.2, 0.25) is 0 Å². The molecule has 0 aromatic rings. The zero-order valence-corrected chi connectivity index (χ0v) is 8.03. The lowest BCUT2D eigenvalue weighted by molar-refractivity contribution is 0.661. The van der Waals surface area contributed by atoms with Crippen LogP contribution in [0.3, 0.4) is 0 Å². The van der Waals surface area contributed by atoms with Gasteiger partial charge < -0.3 is 5.32 Å². The van der Waals surface area contributed by atoms with Gasteiger partial charge in [0.25, 0.3) is 0 Å². The number of nitrogens with one attached hydrogen (secondary N) is 1. The molecule has 1 heteroatoms. The fourth-order valence-corrected chi connectivity index (χ4v) is 0.941. The average molecular weight is 165 g/mol. The summed E-state index contributed by atoms with van der Waals surface area (Å²) in [4.78, 5) is 0. The molecule has 0 rings (SSSR count). The summed E-state index contributed by atoms with van der Waals surface area (Å²) in [6.07, 6.45) is 9.20. The summed E-state index contributed by atoms with van der Waals surface area (Å²) in [5, 5.41) is 3.33. The molecule has 0 atom stereocenters. The second-order valence-electron chi connectivity index (χ2n) is 2.95. The summed E-state index contributed by atoms with van der Waals surface area (Å²) in [6, 6.07) is 0. The van der Waals surface area contributed by atoms with Gasteiger partial charge in [0.15, 0.2) is 0 Å². The van der Waals surface area contributed by atoms with Crippen molar-refractivity contribution in [1.82, 2.24) is 5.32 Å². The monoisotopic (exact) mass is 165 g/mol. The highest BCUT2D eigenvalue weighted by Gasteiger charge is 1.92. The van der Waals surface area contributed by atoms with E-state index in [1.807, 2.05) is 0 Å². The molecule has 1 N–H and O–H groups in total. The lowest BCUT2D eigenvalue weighted by Gasteiger charge is -2.04. The smallest absolute Gasteiger partial charge is 0.0123 e. The summed E-state index contributed by atoms with van der Waals surface area (Å²) >= 11 is 0. The van der Waals surface area contributed by atoms with Crippen LogP contribution in [0, 0.1) is 12.3 Å². The van der Waals surface area contributed by atoms with E-state index in [1.165, 1.54) is 12.0 Å². The largest absolute Gasteiger partial charge is 0.316 e. The first-order chi connectivity index (χ1) is 5.81. The lowest BCUT2D eigenvalue weighted by Crippen LogP contribution is -2.16. The Labute approximate surface area is 76.2 Å². The molecule has 12 heavy (non-hydrogen) atoms. The van der Waals surface area contributed by atoms with Gasteiger partial charge in [-0.25, -0.2) is 0 Å². The van der Waals surface area contributed by atoms with Crippen LogP contribution in [-0.4, -0.2) is 13.1 Å². The van der Waals surface area contributed by atoms with Crippen molar-refractivity contribution in [2.45, 2.75) is 32.6 Å². The Morgan fingerprint density at radius 2 is 2.17 bits per heavy atom. The molecule has 0 unspecified atom stereocenters. The molecule has 0 aliphatic heterocycles. The van der Waals surface area contributed by atoms with Crippen LogP contribution in [0.1, 0.15) is 32.6 Å². The predicted octanol–water partition coefficient (Wildman–Crippen LogP) is 2.35. The third-order valence-corrected chi connectivity index (χ3v) is 1.70. The van der Waals surface area contributed by atoms with Crippen LogP contribution in [0.15, 0.2) is 12.2 Å². The van der Waals surface area contributed by atoms with Crippen LogP contribution < -0.4 is 5.32 Å². The molecular formula is C11H19N. The van der Waals surface area contributed by atoms with Crippen LogP contribution in [0.25, 0.3) is 0 Å². The molecule has 0 amide bonds. The SMILES string of the molecule is C#CCCC(=C)CCNCCC. The standard InChI is InChI=1S/C11H19N/c1-4-6-7-11(3)8-10-12-9-5-2/h1,12H,3,5-10H2,2H3. The van der Waals surface area contributed by atoms with Gasteiger partial charge in [-0.1, -0.05) is 19.1 Å². The molecule has 0 aliphatic carbocycles. The van der Waals surface area contributed by atoms with E-state index in [9.17, 15) is 0 Å². The van der Waals surface area contributed by atoms with Gasteiger partial charge in [0.2, 0.25) is 0 Å². The summed E-state index contributed by atoms with van der Waals surface area (Å²) in [6.45, 7) is 8.26. The maximum Gasteiger partial charge on any atom is 0.0123 e. The minimum Gasteiger partial charge on any atom is -0.316 e. The molecule has 0 aliphatic rings. The first-order valence-electron chi connectivity index (χ1n) is 4.62. The third kappa shape index (κ3) is 7.37. The minimum atomic E-state index is 0.826. The number of terminal acetylenes is 1. The van der Waals surface area contributed by atoms with Crippen LogP contribution in [-0.2, 0) is 0 Å². The van der Waals surface area contributed by atoms with Gasteiger partial charge in [0.05, 0.1) is 0 Å². The van der Waals surface area contributed by atoms with Crippen LogP contribution >= 0.6 is 0 Å². The molecule has 0 saturated heterocycles. The van der Waals surface area contributed by atoms with Crippen molar-refractivity contribution in [3.05, 3.63) is 12.2 Å². The first kappa shape index (κ1) is 11.3. The van der Waals surface area contributed by atoms with E-state index in [-0.39, 0.29) is 0 Å². The van der Waals surface area contributed by atoms with Gasteiger partial charge in [0, 0.05) is 6.42 Å². The molecule has 0 fully saturated rings. The topological polar surface area (TPSA) is 12.0 Å². The maximum atomic E-state index is 5.15. The third-order valence-electron chi connectivity index (χ3n) is 1.70. The van der Waals surface area contributed by atoms with Crippen molar-refractivity contribution in [2.24, 2.45) is 0 Å². The fourth-order valence-electron chi connectivity index (χ4n) is 0.941. The highest BCUT2D eigenvalue weighted by molar-refractivity contribution is 4.99. The van der Waals surface area contributed by atoms with E-state index in [4.69, 9.17) is 6.42 Å². The Bertz CT molecular complexity index is 153. The summed E-state index contributed by atoms with van der Waals surface area (Å²) in [5.74, 6) is 2.62. The Morgan fingerprint density at radius 1 is 1.42 bits per heavy atom. The minimum absolute atomic E-state index is 0.826. The van der Waals surface area contributed by atoms with Gasteiger partial charge in [-0.15, -0.1) is 12.3 Å². The molecule has 0 aromatic carbocycles. The molecular weight excluding hydrogens is 146 g/mol. The van der Waals surface area contributed by atoms with E-state index < -0.39 is 0 Å². The molecule has 0 spiro atoms. The number of hydrogen-bond acceptors (Lipinski definition) is 1. The van der Waals surface area contributed by atoms with Gasteiger partial charge in [0.1, 0.15) is 0 Å². The second-order valence-corrected chi connectivity index (χ2v) is 2.95.